The Morgan fingerprint density at radius 1 is 1.05 bits per heavy atom. The zero-order chi connectivity index (χ0) is 13.4. The van der Waals surface area contributed by atoms with Crippen molar-refractivity contribution in [3.63, 3.8) is 0 Å². The Balaban J connectivity index is 2.27. The molecule has 0 spiro atoms. The van der Waals surface area contributed by atoms with Gasteiger partial charge in [0.2, 0.25) is 0 Å². The van der Waals surface area contributed by atoms with Crippen LogP contribution in [0.3, 0.4) is 0 Å². The normalized spacial score (nSPS) is 10.8. The van der Waals surface area contributed by atoms with Gasteiger partial charge in [-0.15, -0.1) is 0 Å². The fourth-order valence-corrected chi connectivity index (χ4v) is 2.05. The lowest BCUT2D eigenvalue weighted by molar-refractivity contribution is 0.604. The highest BCUT2D eigenvalue weighted by Crippen LogP contribution is 2.24. The zero-order valence-corrected chi connectivity index (χ0v) is 10.4. The number of halogens is 2. The van der Waals surface area contributed by atoms with Crippen molar-refractivity contribution in [2.75, 3.05) is 0 Å². The largest absolute Gasteiger partial charge is 0.456 e. The van der Waals surface area contributed by atoms with Crippen LogP contribution in [-0.4, -0.2) is 0 Å². The topological polar surface area (TPSA) is 30.2 Å². The van der Waals surface area contributed by atoms with E-state index in [0.717, 1.165) is 0 Å². The summed E-state index contributed by atoms with van der Waals surface area (Å²) >= 11 is 5.80. The molecule has 94 valence electrons. The lowest BCUT2D eigenvalue weighted by atomic mass is 10.1. The first-order valence-corrected chi connectivity index (χ1v) is 6.01. The molecule has 0 amide bonds. The van der Waals surface area contributed by atoms with Crippen LogP contribution in [0.4, 0.5) is 4.39 Å². The van der Waals surface area contributed by atoms with Gasteiger partial charge in [0.25, 0.3) is 0 Å². The molecule has 0 atom stereocenters. The molecule has 0 aliphatic carbocycles. The van der Waals surface area contributed by atoms with E-state index in [-0.39, 0.29) is 11.0 Å². The molecule has 1 heterocycles. The van der Waals surface area contributed by atoms with Crippen LogP contribution in [0.25, 0.3) is 22.3 Å². The first kappa shape index (κ1) is 11.9. The van der Waals surface area contributed by atoms with Crippen LogP contribution < -0.4 is 5.43 Å². The third-order valence-electron chi connectivity index (χ3n) is 2.83. The smallest absolute Gasteiger partial charge is 0.196 e. The molecule has 4 heteroatoms. The van der Waals surface area contributed by atoms with Gasteiger partial charge < -0.3 is 4.42 Å². The standard InChI is InChI=1S/C15H8ClFO2/c16-10-6-4-9(5-7-10)14-8-12(18)15-11(17)2-1-3-13(15)19-14/h1-8H. The summed E-state index contributed by atoms with van der Waals surface area (Å²) in [5.74, 6) is -0.186. The Kier molecular flexibility index (Phi) is 2.84. The van der Waals surface area contributed by atoms with Crippen molar-refractivity contribution in [3.05, 3.63) is 69.6 Å². The molecule has 0 radical (unpaired) electrons. The summed E-state index contributed by atoms with van der Waals surface area (Å²) in [5, 5.41) is 0.568. The Labute approximate surface area is 113 Å². The summed E-state index contributed by atoms with van der Waals surface area (Å²) in [6.45, 7) is 0. The van der Waals surface area contributed by atoms with Gasteiger partial charge in [-0.2, -0.15) is 0 Å². The summed E-state index contributed by atoms with van der Waals surface area (Å²) < 4.78 is 19.1. The van der Waals surface area contributed by atoms with Crippen LogP contribution in [0.2, 0.25) is 5.02 Å². The average molecular weight is 275 g/mol. The molecule has 0 saturated carbocycles. The maximum Gasteiger partial charge on any atom is 0.196 e. The maximum atomic E-state index is 13.6. The minimum Gasteiger partial charge on any atom is -0.456 e. The van der Waals surface area contributed by atoms with Crippen LogP contribution in [0.15, 0.2) is 57.7 Å². The van der Waals surface area contributed by atoms with Crippen LogP contribution in [0.5, 0.6) is 0 Å². The lowest BCUT2D eigenvalue weighted by Crippen LogP contribution is -2.02. The molecule has 0 aliphatic rings. The summed E-state index contributed by atoms with van der Waals surface area (Å²) in [5.41, 5.74) is 0.550. The molecule has 3 aromatic rings. The highest BCUT2D eigenvalue weighted by atomic mass is 35.5. The molecular formula is C15H8ClFO2. The van der Waals surface area contributed by atoms with Crippen LogP contribution >= 0.6 is 11.6 Å². The SMILES string of the molecule is O=c1cc(-c2ccc(Cl)cc2)oc2cccc(F)c12. The summed E-state index contributed by atoms with van der Waals surface area (Å²) in [4.78, 5) is 11.9. The first-order chi connectivity index (χ1) is 9.15. The van der Waals surface area contributed by atoms with E-state index in [4.69, 9.17) is 16.0 Å². The summed E-state index contributed by atoms with van der Waals surface area (Å²) in [7, 11) is 0. The molecule has 2 nitrogen and oxygen atoms in total. The Bertz CT molecular complexity index is 806. The van der Waals surface area contributed by atoms with E-state index in [2.05, 4.69) is 0 Å². The van der Waals surface area contributed by atoms with Gasteiger partial charge in [-0.05, 0) is 36.4 Å². The van der Waals surface area contributed by atoms with Crippen LogP contribution in [0, 0.1) is 5.82 Å². The average Bonchev–Trinajstić information content (AvgIpc) is 2.39. The van der Waals surface area contributed by atoms with Gasteiger partial charge in [-0.25, -0.2) is 4.39 Å². The first-order valence-electron chi connectivity index (χ1n) is 5.63. The van der Waals surface area contributed by atoms with Gasteiger partial charge in [0.1, 0.15) is 22.5 Å². The van der Waals surface area contributed by atoms with E-state index in [1.54, 1.807) is 30.3 Å². The van der Waals surface area contributed by atoms with Gasteiger partial charge in [0.05, 0.1) is 0 Å². The number of rotatable bonds is 1. The fourth-order valence-electron chi connectivity index (χ4n) is 1.92. The molecule has 0 unspecified atom stereocenters. The number of benzene rings is 2. The minimum atomic E-state index is -0.575. The quantitative estimate of drug-likeness (QED) is 0.664. The van der Waals surface area contributed by atoms with Gasteiger partial charge in [-0.1, -0.05) is 17.7 Å². The van der Waals surface area contributed by atoms with Crippen molar-refractivity contribution in [2.45, 2.75) is 0 Å². The number of fused-ring (bicyclic) bond motifs is 1. The molecule has 0 saturated heterocycles. The van der Waals surface area contributed by atoms with Crippen molar-refractivity contribution in [1.82, 2.24) is 0 Å². The second-order valence-corrected chi connectivity index (χ2v) is 4.53. The van der Waals surface area contributed by atoms with E-state index < -0.39 is 11.2 Å². The second-order valence-electron chi connectivity index (χ2n) is 4.09. The van der Waals surface area contributed by atoms with Crippen molar-refractivity contribution in [2.24, 2.45) is 0 Å². The minimum absolute atomic E-state index is 0.0276. The predicted molar refractivity (Wildman–Crippen MR) is 72.9 cm³/mol. The zero-order valence-electron chi connectivity index (χ0n) is 9.69. The van der Waals surface area contributed by atoms with Gasteiger partial charge in [-0.3, -0.25) is 4.79 Å². The third kappa shape index (κ3) is 2.13. The second kappa shape index (κ2) is 4.52. The monoisotopic (exact) mass is 274 g/mol. The fraction of sp³-hybridized carbons (Fsp3) is 0. The Hall–Kier alpha value is -2.13. The highest BCUT2D eigenvalue weighted by Gasteiger charge is 2.10. The molecule has 0 bridgehead atoms. The highest BCUT2D eigenvalue weighted by molar-refractivity contribution is 6.30. The van der Waals surface area contributed by atoms with Gasteiger partial charge in [0.15, 0.2) is 5.43 Å². The Morgan fingerprint density at radius 2 is 1.79 bits per heavy atom. The molecular weight excluding hydrogens is 267 g/mol. The molecule has 0 aliphatic heterocycles. The van der Waals surface area contributed by atoms with Gasteiger partial charge in [0, 0.05) is 16.7 Å². The van der Waals surface area contributed by atoms with Crippen LogP contribution in [0.1, 0.15) is 0 Å². The molecule has 0 N–H and O–H groups in total. The van der Waals surface area contributed by atoms with Crippen LogP contribution in [-0.2, 0) is 0 Å². The number of hydrogen-bond donors (Lipinski definition) is 0. The molecule has 19 heavy (non-hydrogen) atoms. The third-order valence-corrected chi connectivity index (χ3v) is 3.08. The molecule has 2 aromatic carbocycles. The maximum absolute atomic E-state index is 13.6. The Morgan fingerprint density at radius 3 is 2.53 bits per heavy atom. The predicted octanol–water partition coefficient (Wildman–Crippen LogP) is 4.25. The lowest BCUT2D eigenvalue weighted by Gasteiger charge is -2.03. The summed E-state index contributed by atoms with van der Waals surface area (Å²) in [6, 6.07) is 12.5. The summed E-state index contributed by atoms with van der Waals surface area (Å²) in [6.07, 6.45) is 0. The van der Waals surface area contributed by atoms with E-state index in [1.165, 1.54) is 18.2 Å². The van der Waals surface area contributed by atoms with E-state index in [1.807, 2.05) is 0 Å². The molecule has 3 rings (SSSR count). The van der Waals surface area contributed by atoms with Crippen molar-refractivity contribution < 1.29 is 8.81 Å². The van der Waals surface area contributed by atoms with Crippen molar-refractivity contribution in [3.8, 4) is 11.3 Å². The van der Waals surface area contributed by atoms with Crippen molar-refractivity contribution in [1.29, 1.82) is 0 Å². The molecule has 1 aromatic heterocycles. The number of hydrogen-bond acceptors (Lipinski definition) is 2. The van der Waals surface area contributed by atoms with E-state index >= 15 is 0 Å². The van der Waals surface area contributed by atoms with Crippen molar-refractivity contribution >= 4 is 22.6 Å². The van der Waals surface area contributed by atoms with Gasteiger partial charge >= 0.3 is 0 Å². The van der Waals surface area contributed by atoms with E-state index in [9.17, 15) is 9.18 Å². The van der Waals surface area contributed by atoms with E-state index in [0.29, 0.717) is 16.3 Å². The molecule has 0 fully saturated rings.